The molecule has 0 aliphatic rings. The van der Waals surface area contributed by atoms with E-state index in [0.717, 1.165) is 17.7 Å². The van der Waals surface area contributed by atoms with E-state index in [1.807, 2.05) is 12.1 Å². The number of rotatable bonds is 6. The monoisotopic (exact) mass is 259 g/mol. The van der Waals surface area contributed by atoms with Crippen LogP contribution in [0.25, 0.3) is 11.3 Å². The fraction of sp³-hybridized carbons (Fsp3) is 0.357. The highest BCUT2D eigenvalue weighted by Crippen LogP contribution is 2.19. The third kappa shape index (κ3) is 3.40. The Morgan fingerprint density at radius 1 is 1.32 bits per heavy atom. The number of aromatic nitrogens is 3. The van der Waals surface area contributed by atoms with Gasteiger partial charge in [0.15, 0.2) is 0 Å². The molecule has 1 heterocycles. The lowest BCUT2D eigenvalue weighted by atomic mass is 10.1. The third-order valence-corrected chi connectivity index (χ3v) is 3.04. The standard InChI is InChI=1S/C14H17N3O2/c1-2-11-5-7-12(8-6-11)13-10-15-16-17(13)9-3-4-14(18)19/h5-8,10H,2-4,9H2,1H3,(H,18,19). The lowest BCUT2D eigenvalue weighted by Crippen LogP contribution is -2.05. The first-order valence-corrected chi connectivity index (χ1v) is 6.40. The lowest BCUT2D eigenvalue weighted by Gasteiger charge is -2.06. The Labute approximate surface area is 111 Å². The fourth-order valence-electron chi connectivity index (χ4n) is 1.94. The average molecular weight is 259 g/mol. The van der Waals surface area contributed by atoms with Crippen LogP contribution in [0.2, 0.25) is 0 Å². The van der Waals surface area contributed by atoms with Gasteiger partial charge < -0.3 is 5.11 Å². The van der Waals surface area contributed by atoms with Crippen LogP contribution in [0.5, 0.6) is 0 Å². The molecule has 0 aliphatic carbocycles. The second-order valence-electron chi connectivity index (χ2n) is 4.39. The van der Waals surface area contributed by atoms with Crippen molar-refractivity contribution in [1.29, 1.82) is 0 Å². The van der Waals surface area contributed by atoms with Crippen LogP contribution in [0.3, 0.4) is 0 Å². The van der Waals surface area contributed by atoms with Crippen LogP contribution in [0.1, 0.15) is 25.3 Å². The molecule has 0 atom stereocenters. The zero-order chi connectivity index (χ0) is 13.7. The van der Waals surface area contributed by atoms with Crippen LogP contribution < -0.4 is 0 Å². The van der Waals surface area contributed by atoms with Crippen molar-refractivity contribution in [3.05, 3.63) is 36.0 Å². The van der Waals surface area contributed by atoms with Crippen LogP contribution in [-0.2, 0) is 17.8 Å². The van der Waals surface area contributed by atoms with Crippen molar-refractivity contribution in [3.63, 3.8) is 0 Å². The highest BCUT2D eigenvalue weighted by Gasteiger charge is 2.07. The molecule has 0 amide bonds. The molecule has 0 spiro atoms. The van der Waals surface area contributed by atoms with Crippen molar-refractivity contribution in [3.8, 4) is 11.3 Å². The summed E-state index contributed by atoms with van der Waals surface area (Å²) >= 11 is 0. The van der Waals surface area contributed by atoms with Gasteiger partial charge in [-0.05, 0) is 18.4 Å². The second-order valence-corrected chi connectivity index (χ2v) is 4.39. The normalized spacial score (nSPS) is 10.6. The molecule has 1 N–H and O–H groups in total. The Hall–Kier alpha value is -2.17. The summed E-state index contributed by atoms with van der Waals surface area (Å²) in [6.07, 6.45) is 3.42. The van der Waals surface area contributed by atoms with Gasteiger partial charge >= 0.3 is 5.97 Å². The third-order valence-electron chi connectivity index (χ3n) is 3.04. The van der Waals surface area contributed by atoms with Crippen molar-refractivity contribution in [2.24, 2.45) is 0 Å². The summed E-state index contributed by atoms with van der Waals surface area (Å²) in [6.45, 7) is 2.68. The number of carboxylic acids is 1. The average Bonchev–Trinajstić information content (AvgIpc) is 2.87. The molecule has 0 fully saturated rings. The summed E-state index contributed by atoms with van der Waals surface area (Å²) in [6, 6.07) is 8.27. The first-order chi connectivity index (χ1) is 9.20. The molecule has 5 heteroatoms. The first-order valence-electron chi connectivity index (χ1n) is 6.40. The van der Waals surface area contributed by atoms with Crippen molar-refractivity contribution >= 4 is 5.97 Å². The molecule has 2 aromatic rings. The van der Waals surface area contributed by atoms with E-state index >= 15 is 0 Å². The molecule has 0 saturated heterocycles. The summed E-state index contributed by atoms with van der Waals surface area (Å²) < 4.78 is 1.75. The largest absolute Gasteiger partial charge is 0.481 e. The molecule has 0 aliphatic heterocycles. The minimum Gasteiger partial charge on any atom is -0.481 e. The predicted molar refractivity (Wildman–Crippen MR) is 71.7 cm³/mol. The van der Waals surface area contributed by atoms with E-state index in [4.69, 9.17) is 5.11 Å². The van der Waals surface area contributed by atoms with Crippen LogP contribution >= 0.6 is 0 Å². The number of aryl methyl sites for hydroxylation is 2. The van der Waals surface area contributed by atoms with Gasteiger partial charge in [0.1, 0.15) is 0 Å². The number of carboxylic acid groups (broad SMARTS) is 1. The fourth-order valence-corrected chi connectivity index (χ4v) is 1.94. The molecule has 0 saturated carbocycles. The highest BCUT2D eigenvalue weighted by atomic mass is 16.4. The van der Waals surface area contributed by atoms with Gasteiger partial charge in [-0.2, -0.15) is 0 Å². The van der Waals surface area contributed by atoms with Crippen LogP contribution in [-0.4, -0.2) is 26.1 Å². The first kappa shape index (κ1) is 13.3. The highest BCUT2D eigenvalue weighted by molar-refractivity contribution is 5.66. The Kier molecular flexibility index (Phi) is 4.28. The Morgan fingerprint density at radius 3 is 2.68 bits per heavy atom. The van der Waals surface area contributed by atoms with Gasteiger partial charge in [-0.25, -0.2) is 4.68 Å². The van der Waals surface area contributed by atoms with Gasteiger partial charge in [-0.1, -0.05) is 36.4 Å². The van der Waals surface area contributed by atoms with Crippen LogP contribution in [0, 0.1) is 0 Å². The van der Waals surface area contributed by atoms with E-state index in [1.54, 1.807) is 10.9 Å². The minimum absolute atomic E-state index is 0.147. The van der Waals surface area contributed by atoms with E-state index in [0.29, 0.717) is 13.0 Å². The van der Waals surface area contributed by atoms with E-state index in [-0.39, 0.29) is 6.42 Å². The van der Waals surface area contributed by atoms with Gasteiger partial charge in [0.05, 0.1) is 11.9 Å². The second kappa shape index (κ2) is 6.13. The Bertz CT molecular complexity index is 546. The summed E-state index contributed by atoms with van der Waals surface area (Å²) in [7, 11) is 0. The number of hydrogen-bond acceptors (Lipinski definition) is 3. The zero-order valence-corrected chi connectivity index (χ0v) is 10.9. The molecule has 5 nitrogen and oxygen atoms in total. The lowest BCUT2D eigenvalue weighted by molar-refractivity contribution is -0.137. The van der Waals surface area contributed by atoms with Crippen molar-refractivity contribution in [1.82, 2.24) is 15.0 Å². The number of nitrogens with zero attached hydrogens (tertiary/aromatic N) is 3. The molecule has 2 rings (SSSR count). The maximum absolute atomic E-state index is 10.5. The van der Waals surface area contributed by atoms with Gasteiger partial charge in [-0.15, -0.1) is 5.10 Å². The number of benzene rings is 1. The van der Waals surface area contributed by atoms with Gasteiger partial charge in [-0.3, -0.25) is 4.79 Å². The Morgan fingerprint density at radius 2 is 2.05 bits per heavy atom. The number of aliphatic carboxylic acids is 1. The molecule has 0 unspecified atom stereocenters. The SMILES string of the molecule is CCc1ccc(-c2cnnn2CCCC(=O)O)cc1. The number of carbonyl (C=O) groups is 1. The van der Waals surface area contributed by atoms with Gasteiger partial charge in [0, 0.05) is 18.5 Å². The summed E-state index contributed by atoms with van der Waals surface area (Å²) in [4.78, 5) is 10.5. The van der Waals surface area contributed by atoms with Gasteiger partial charge in [0.25, 0.3) is 0 Å². The molecule has 1 aromatic carbocycles. The van der Waals surface area contributed by atoms with Crippen LogP contribution in [0.15, 0.2) is 30.5 Å². The minimum atomic E-state index is -0.783. The summed E-state index contributed by atoms with van der Waals surface area (Å²) in [5.41, 5.74) is 3.26. The molecule has 0 bridgehead atoms. The summed E-state index contributed by atoms with van der Waals surface area (Å²) in [5, 5.41) is 16.6. The Balaban J connectivity index is 2.11. The van der Waals surface area contributed by atoms with E-state index < -0.39 is 5.97 Å². The number of hydrogen-bond donors (Lipinski definition) is 1. The zero-order valence-electron chi connectivity index (χ0n) is 10.9. The molecule has 100 valence electrons. The van der Waals surface area contributed by atoms with Crippen molar-refractivity contribution < 1.29 is 9.90 Å². The quantitative estimate of drug-likeness (QED) is 0.864. The van der Waals surface area contributed by atoms with E-state index in [9.17, 15) is 4.79 Å². The molecule has 19 heavy (non-hydrogen) atoms. The van der Waals surface area contributed by atoms with E-state index in [2.05, 4.69) is 29.4 Å². The maximum atomic E-state index is 10.5. The molecule has 0 radical (unpaired) electrons. The maximum Gasteiger partial charge on any atom is 0.303 e. The van der Waals surface area contributed by atoms with Gasteiger partial charge in [0.2, 0.25) is 0 Å². The predicted octanol–water partition coefficient (Wildman–Crippen LogP) is 2.37. The van der Waals surface area contributed by atoms with Crippen molar-refractivity contribution in [2.75, 3.05) is 0 Å². The van der Waals surface area contributed by atoms with Crippen molar-refractivity contribution in [2.45, 2.75) is 32.7 Å². The van der Waals surface area contributed by atoms with Crippen LogP contribution in [0.4, 0.5) is 0 Å². The topological polar surface area (TPSA) is 68.0 Å². The molecular formula is C14H17N3O2. The smallest absolute Gasteiger partial charge is 0.303 e. The summed E-state index contributed by atoms with van der Waals surface area (Å²) in [5.74, 6) is -0.783. The van der Waals surface area contributed by atoms with E-state index in [1.165, 1.54) is 5.56 Å². The molecular weight excluding hydrogens is 242 g/mol. The molecule has 1 aromatic heterocycles.